The number of carbonyl (C=O) groups excluding carboxylic acids is 4. The fourth-order valence-electron chi connectivity index (χ4n) is 6.05. The molecule has 42 heavy (non-hydrogen) atoms. The summed E-state index contributed by atoms with van der Waals surface area (Å²) in [6.45, 7) is 3.83. The Morgan fingerprint density at radius 1 is 0.905 bits per heavy atom. The van der Waals surface area contributed by atoms with Crippen LogP contribution in [0.5, 0.6) is 0 Å². The molecule has 4 amide bonds. The smallest absolute Gasteiger partial charge is 0.407 e. The number of hydrogen-bond acceptors (Lipinski definition) is 7. The number of alkyl carbamates (subject to hydrolysis) is 1. The summed E-state index contributed by atoms with van der Waals surface area (Å²) < 4.78 is 5.59. The van der Waals surface area contributed by atoms with Crippen LogP contribution < -0.4 is 10.6 Å². The molecule has 2 fully saturated rings. The lowest BCUT2D eigenvalue weighted by molar-refractivity contribution is -0.186. The number of amides is 4. The molecule has 2 heterocycles. The number of ether oxygens (including phenoxy) is 1. The second kappa shape index (κ2) is 11.4. The Balaban J connectivity index is 1.11. The summed E-state index contributed by atoms with van der Waals surface area (Å²) in [6.07, 6.45) is -2.65. The molecule has 2 aliphatic heterocycles. The van der Waals surface area contributed by atoms with Gasteiger partial charge in [-0.1, -0.05) is 78.9 Å². The molecule has 0 spiro atoms. The van der Waals surface area contributed by atoms with Crippen LogP contribution in [0.4, 0.5) is 4.79 Å². The van der Waals surface area contributed by atoms with Crippen LogP contribution >= 0.6 is 0 Å². The Kier molecular flexibility index (Phi) is 7.49. The molecule has 0 bridgehead atoms. The SMILES string of the molecule is CCN1C(=O)[C@@H]2[C@@H](ON(Cc3ccccc3)[C@H]2NC(=O)[C@H](C)NC(=O)OCC2c3ccccc3-c3ccccc32)C1=O. The average molecular weight is 569 g/mol. The van der Waals surface area contributed by atoms with Gasteiger partial charge in [-0.2, -0.15) is 5.06 Å². The van der Waals surface area contributed by atoms with Crippen molar-refractivity contribution in [1.29, 1.82) is 0 Å². The highest BCUT2D eigenvalue weighted by molar-refractivity contribution is 6.07. The standard InChI is InChI=1S/C32H32N4O6/c1-3-35-30(38)26-27(31(35)39)42-36(17-20-11-5-4-6-12-20)28(26)34-29(37)19(2)33-32(40)41-18-25-23-15-9-7-13-21(23)22-14-8-10-16-24(22)25/h4-16,19,25-28H,3,17-18H2,1-2H3,(H,33,40)(H,34,37)/t19-,26+,27+,28+/m0/s1. The zero-order valence-corrected chi connectivity index (χ0v) is 23.4. The van der Waals surface area contributed by atoms with Crippen molar-refractivity contribution < 1.29 is 28.8 Å². The maximum absolute atomic E-state index is 13.3. The van der Waals surface area contributed by atoms with Gasteiger partial charge >= 0.3 is 6.09 Å². The third-order valence-corrected chi connectivity index (χ3v) is 8.15. The highest BCUT2D eigenvalue weighted by Crippen LogP contribution is 2.44. The van der Waals surface area contributed by atoms with Crippen LogP contribution in [0.1, 0.15) is 36.5 Å². The van der Waals surface area contributed by atoms with E-state index in [-0.39, 0.29) is 25.6 Å². The molecule has 3 aromatic carbocycles. The first-order valence-electron chi connectivity index (χ1n) is 14.1. The molecule has 10 nitrogen and oxygen atoms in total. The molecule has 2 N–H and O–H groups in total. The molecule has 6 rings (SSSR count). The molecule has 1 aliphatic carbocycles. The number of likely N-dealkylation sites (tertiary alicyclic amines) is 1. The Bertz CT molecular complexity index is 1480. The lowest BCUT2D eigenvalue weighted by Crippen LogP contribution is -2.55. The highest BCUT2D eigenvalue weighted by Gasteiger charge is 2.59. The minimum Gasteiger partial charge on any atom is -0.449 e. The summed E-state index contributed by atoms with van der Waals surface area (Å²) in [6, 6.07) is 24.5. The first kappa shape index (κ1) is 27.6. The van der Waals surface area contributed by atoms with E-state index in [0.717, 1.165) is 32.7 Å². The number of benzene rings is 3. The minimum atomic E-state index is -1.02. The largest absolute Gasteiger partial charge is 0.449 e. The molecule has 0 aromatic heterocycles. The predicted molar refractivity (Wildman–Crippen MR) is 152 cm³/mol. The summed E-state index contributed by atoms with van der Waals surface area (Å²) in [7, 11) is 0. The maximum Gasteiger partial charge on any atom is 0.407 e. The third-order valence-electron chi connectivity index (χ3n) is 8.15. The quantitative estimate of drug-likeness (QED) is 0.401. The van der Waals surface area contributed by atoms with Gasteiger partial charge in [0.25, 0.3) is 5.91 Å². The second-order valence-corrected chi connectivity index (χ2v) is 10.7. The maximum atomic E-state index is 13.3. The highest BCUT2D eigenvalue weighted by atomic mass is 16.7. The van der Waals surface area contributed by atoms with Crippen molar-refractivity contribution >= 4 is 23.8 Å². The molecule has 3 aromatic rings. The molecular weight excluding hydrogens is 536 g/mol. The van der Waals surface area contributed by atoms with Crippen molar-refractivity contribution in [3.63, 3.8) is 0 Å². The number of hydrogen-bond donors (Lipinski definition) is 2. The number of carbonyl (C=O) groups is 4. The van der Waals surface area contributed by atoms with E-state index in [0.29, 0.717) is 0 Å². The van der Waals surface area contributed by atoms with Gasteiger partial charge in [0.1, 0.15) is 24.7 Å². The van der Waals surface area contributed by atoms with Gasteiger partial charge in [-0.3, -0.25) is 24.1 Å². The van der Waals surface area contributed by atoms with Crippen molar-refractivity contribution in [2.24, 2.45) is 5.92 Å². The second-order valence-electron chi connectivity index (χ2n) is 10.7. The Labute approximate surface area is 243 Å². The molecule has 4 atom stereocenters. The van der Waals surface area contributed by atoms with E-state index in [2.05, 4.69) is 22.8 Å². The summed E-state index contributed by atoms with van der Waals surface area (Å²) in [5.74, 6) is -2.37. The van der Waals surface area contributed by atoms with Crippen LogP contribution in [-0.4, -0.2) is 65.2 Å². The zero-order valence-electron chi connectivity index (χ0n) is 23.4. The van der Waals surface area contributed by atoms with Gasteiger partial charge in [0, 0.05) is 12.5 Å². The summed E-state index contributed by atoms with van der Waals surface area (Å²) in [5, 5.41) is 6.90. The molecule has 10 heteroatoms. The van der Waals surface area contributed by atoms with Crippen molar-refractivity contribution in [1.82, 2.24) is 20.6 Å². The fraction of sp³-hybridized carbons (Fsp3) is 0.312. The summed E-state index contributed by atoms with van der Waals surface area (Å²) >= 11 is 0. The predicted octanol–water partition coefficient (Wildman–Crippen LogP) is 3.18. The number of rotatable bonds is 8. The van der Waals surface area contributed by atoms with E-state index < -0.39 is 48.0 Å². The van der Waals surface area contributed by atoms with Crippen LogP contribution in [0, 0.1) is 5.92 Å². The molecular formula is C32H32N4O6. The van der Waals surface area contributed by atoms with E-state index in [1.165, 1.54) is 12.0 Å². The first-order chi connectivity index (χ1) is 20.4. The zero-order chi connectivity index (χ0) is 29.4. The van der Waals surface area contributed by atoms with Crippen molar-refractivity contribution in [3.05, 3.63) is 95.6 Å². The third kappa shape index (κ3) is 4.93. The number of imide groups is 1. The molecule has 216 valence electrons. The number of fused-ring (bicyclic) bond motifs is 4. The Morgan fingerprint density at radius 3 is 2.17 bits per heavy atom. The Morgan fingerprint density at radius 2 is 1.52 bits per heavy atom. The lowest BCUT2D eigenvalue weighted by atomic mass is 9.98. The van der Waals surface area contributed by atoms with Gasteiger partial charge in [0.15, 0.2) is 6.10 Å². The van der Waals surface area contributed by atoms with E-state index in [9.17, 15) is 19.2 Å². The van der Waals surface area contributed by atoms with E-state index in [4.69, 9.17) is 9.57 Å². The molecule has 3 aliphatic rings. The summed E-state index contributed by atoms with van der Waals surface area (Å²) in [4.78, 5) is 59.1. The normalized spacial score (nSPS) is 22.0. The van der Waals surface area contributed by atoms with Crippen LogP contribution in [0.15, 0.2) is 78.9 Å². The monoisotopic (exact) mass is 568 g/mol. The number of nitrogens with zero attached hydrogens (tertiary/aromatic N) is 2. The fourth-order valence-corrected chi connectivity index (χ4v) is 6.05. The van der Waals surface area contributed by atoms with Crippen molar-refractivity contribution in [3.8, 4) is 11.1 Å². The minimum absolute atomic E-state index is 0.112. The molecule has 0 unspecified atom stereocenters. The van der Waals surface area contributed by atoms with Gasteiger partial charge in [0.05, 0.1) is 6.54 Å². The molecule has 0 saturated carbocycles. The van der Waals surface area contributed by atoms with Gasteiger partial charge < -0.3 is 15.4 Å². The van der Waals surface area contributed by atoms with Gasteiger partial charge in [-0.05, 0) is 41.7 Å². The molecule has 2 saturated heterocycles. The van der Waals surface area contributed by atoms with Gasteiger partial charge in [-0.25, -0.2) is 4.79 Å². The number of hydroxylamine groups is 2. The van der Waals surface area contributed by atoms with Crippen LogP contribution in [0.25, 0.3) is 11.1 Å². The first-order valence-corrected chi connectivity index (χ1v) is 14.1. The van der Waals surface area contributed by atoms with Gasteiger partial charge in [0.2, 0.25) is 11.8 Å². The van der Waals surface area contributed by atoms with E-state index >= 15 is 0 Å². The van der Waals surface area contributed by atoms with Gasteiger partial charge in [-0.15, -0.1) is 0 Å². The van der Waals surface area contributed by atoms with Crippen molar-refractivity contribution in [2.45, 2.75) is 44.6 Å². The lowest BCUT2D eigenvalue weighted by Gasteiger charge is -2.28. The number of nitrogens with one attached hydrogen (secondary N) is 2. The summed E-state index contributed by atoms with van der Waals surface area (Å²) in [5.41, 5.74) is 5.29. The van der Waals surface area contributed by atoms with E-state index in [1.807, 2.05) is 66.7 Å². The van der Waals surface area contributed by atoms with Crippen LogP contribution in [-0.2, 0) is 30.5 Å². The van der Waals surface area contributed by atoms with Crippen LogP contribution in [0.3, 0.4) is 0 Å². The average Bonchev–Trinajstić information content (AvgIpc) is 3.59. The molecule has 0 radical (unpaired) electrons. The number of likely N-dealkylation sites (N-methyl/N-ethyl adjacent to an activating group) is 1. The van der Waals surface area contributed by atoms with Crippen molar-refractivity contribution in [2.75, 3.05) is 13.2 Å². The van der Waals surface area contributed by atoms with Crippen LogP contribution in [0.2, 0.25) is 0 Å². The Hall–Kier alpha value is -4.54. The topological polar surface area (TPSA) is 117 Å². The van der Waals surface area contributed by atoms with E-state index in [1.54, 1.807) is 6.92 Å².